The first kappa shape index (κ1) is 14.5. The summed E-state index contributed by atoms with van der Waals surface area (Å²) in [4.78, 5) is 26.9. The van der Waals surface area contributed by atoms with Crippen LogP contribution in [0, 0.1) is 0 Å². The fraction of sp³-hybridized carbons (Fsp3) is 0.286. The van der Waals surface area contributed by atoms with Gasteiger partial charge < -0.3 is 11.1 Å². The Labute approximate surface area is 131 Å². The third kappa shape index (κ3) is 2.80. The largest absolute Gasteiger partial charge is 0.369 e. The van der Waals surface area contributed by atoms with E-state index in [1.54, 1.807) is 16.8 Å². The van der Waals surface area contributed by atoms with Gasteiger partial charge in [-0.25, -0.2) is 9.67 Å². The predicted molar refractivity (Wildman–Crippen MR) is 79.4 cm³/mol. The number of halogens is 1. The van der Waals surface area contributed by atoms with Crippen LogP contribution >= 0.6 is 11.6 Å². The second kappa shape index (κ2) is 5.76. The minimum atomic E-state index is -0.515. The Morgan fingerprint density at radius 3 is 2.86 bits per heavy atom. The van der Waals surface area contributed by atoms with Crippen molar-refractivity contribution in [3.05, 3.63) is 40.9 Å². The number of nitrogens with two attached hydrogens (primary N) is 1. The van der Waals surface area contributed by atoms with Crippen LogP contribution in [-0.4, -0.2) is 26.6 Å². The normalized spacial score (nSPS) is 17.5. The van der Waals surface area contributed by atoms with Gasteiger partial charge in [-0.05, 0) is 18.6 Å². The molecule has 1 unspecified atom stereocenters. The van der Waals surface area contributed by atoms with E-state index in [4.69, 9.17) is 17.3 Å². The number of primary amides is 1. The van der Waals surface area contributed by atoms with Gasteiger partial charge in [-0.15, -0.1) is 0 Å². The first-order chi connectivity index (χ1) is 10.5. The van der Waals surface area contributed by atoms with E-state index in [0.717, 1.165) is 0 Å². The molecule has 3 N–H and O–H groups in total. The zero-order valence-electron chi connectivity index (χ0n) is 11.6. The molecule has 22 heavy (non-hydrogen) atoms. The summed E-state index contributed by atoms with van der Waals surface area (Å²) < 4.78 is 1.57. The molecule has 1 aliphatic rings. The molecule has 0 spiro atoms. The summed E-state index contributed by atoms with van der Waals surface area (Å²) in [6.45, 7) is 0. The standard InChI is InChI=1S/C14H14ClN5O2/c15-8-3-1-2-4-10(8)20-14(9-5-6-13(22)17-9)18-12(19-20)7-11(16)21/h1-4,9H,5-7H2,(H2,16,21)(H,17,22). The minimum Gasteiger partial charge on any atom is -0.369 e. The number of carbonyl (C=O) groups is 2. The van der Waals surface area contributed by atoms with Gasteiger partial charge in [-0.2, -0.15) is 5.10 Å². The summed E-state index contributed by atoms with van der Waals surface area (Å²) in [5.74, 6) is 0.312. The molecule has 1 aromatic carbocycles. The smallest absolute Gasteiger partial charge is 0.225 e. The highest BCUT2D eigenvalue weighted by Gasteiger charge is 2.28. The highest BCUT2D eigenvalue weighted by atomic mass is 35.5. The summed E-state index contributed by atoms with van der Waals surface area (Å²) in [5, 5.41) is 7.67. The van der Waals surface area contributed by atoms with E-state index in [1.807, 2.05) is 12.1 Å². The Hall–Kier alpha value is -2.41. The maximum absolute atomic E-state index is 11.5. The van der Waals surface area contributed by atoms with Gasteiger partial charge in [0.05, 0.1) is 23.2 Å². The van der Waals surface area contributed by atoms with Crippen molar-refractivity contribution >= 4 is 23.4 Å². The Bertz CT molecular complexity index is 743. The maximum atomic E-state index is 11.5. The highest BCUT2D eigenvalue weighted by molar-refractivity contribution is 6.32. The van der Waals surface area contributed by atoms with Crippen molar-refractivity contribution in [2.75, 3.05) is 0 Å². The number of aromatic nitrogens is 3. The van der Waals surface area contributed by atoms with Gasteiger partial charge in [0.2, 0.25) is 11.8 Å². The maximum Gasteiger partial charge on any atom is 0.225 e. The fourth-order valence-corrected chi connectivity index (χ4v) is 2.65. The number of benzene rings is 1. The highest BCUT2D eigenvalue weighted by Crippen LogP contribution is 2.27. The molecular weight excluding hydrogens is 306 g/mol. The number of hydrogen-bond donors (Lipinski definition) is 2. The second-order valence-electron chi connectivity index (χ2n) is 5.05. The number of rotatable bonds is 4. The van der Waals surface area contributed by atoms with Gasteiger partial charge >= 0.3 is 0 Å². The van der Waals surface area contributed by atoms with Gasteiger partial charge in [0.1, 0.15) is 0 Å². The van der Waals surface area contributed by atoms with Crippen molar-refractivity contribution in [2.45, 2.75) is 25.3 Å². The van der Waals surface area contributed by atoms with Crippen LogP contribution in [0.1, 0.15) is 30.5 Å². The lowest BCUT2D eigenvalue weighted by atomic mass is 10.2. The molecular formula is C14H14ClN5O2. The molecule has 0 radical (unpaired) electrons. The van der Waals surface area contributed by atoms with E-state index in [0.29, 0.717) is 35.2 Å². The van der Waals surface area contributed by atoms with Crippen LogP contribution in [0.5, 0.6) is 0 Å². The first-order valence-corrected chi connectivity index (χ1v) is 7.21. The van der Waals surface area contributed by atoms with Crippen LogP contribution in [0.2, 0.25) is 5.02 Å². The van der Waals surface area contributed by atoms with Gasteiger partial charge in [0.15, 0.2) is 11.6 Å². The molecule has 1 aromatic heterocycles. The van der Waals surface area contributed by atoms with E-state index >= 15 is 0 Å². The Morgan fingerprint density at radius 1 is 1.45 bits per heavy atom. The van der Waals surface area contributed by atoms with Crippen molar-refractivity contribution in [1.29, 1.82) is 0 Å². The lowest BCUT2D eigenvalue weighted by Gasteiger charge is -2.12. The molecule has 1 fully saturated rings. The van der Waals surface area contributed by atoms with Gasteiger partial charge in [0, 0.05) is 6.42 Å². The molecule has 0 bridgehead atoms. The number of nitrogens with zero attached hydrogens (tertiary/aromatic N) is 3. The number of para-hydroxylation sites is 1. The Morgan fingerprint density at radius 2 is 2.23 bits per heavy atom. The quantitative estimate of drug-likeness (QED) is 0.873. The van der Waals surface area contributed by atoms with Crippen molar-refractivity contribution < 1.29 is 9.59 Å². The summed E-state index contributed by atoms with van der Waals surface area (Å²) in [7, 11) is 0. The van der Waals surface area contributed by atoms with Crippen molar-refractivity contribution in [3.63, 3.8) is 0 Å². The van der Waals surface area contributed by atoms with Crippen molar-refractivity contribution in [2.24, 2.45) is 5.73 Å². The van der Waals surface area contributed by atoms with E-state index in [-0.39, 0.29) is 18.4 Å². The molecule has 0 aliphatic carbocycles. The van der Waals surface area contributed by atoms with Gasteiger partial charge in [-0.1, -0.05) is 23.7 Å². The molecule has 8 heteroatoms. The van der Waals surface area contributed by atoms with Gasteiger partial charge in [0.25, 0.3) is 0 Å². The SMILES string of the molecule is NC(=O)Cc1nc(C2CCC(=O)N2)n(-c2ccccc2Cl)n1. The molecule has 0 saturated carbocycles. The third-order valence-electron chi connectivity index (χ3n) is 3.40. The van der Waals surface area contributed by atoms with E-state index in [9.17, 15) is 9.59 Å². The molecule has 1 aliphatic heterocycles. The van der Waals surface area contributed by atoms with E-state index in [1.165, 1.54) is 0 Å². The number of amides is 2. The molecule has 1 saturated heterocycles. The topological polar surface area (TPSA) is 103 Å². The fourth-order valence-electron chi connectivity index (χ4n) is 2.43. The van der Waals surface area contributed by atoms with Gasteiger partial charge in [-0.3, -0.25) is 9.59 Å². The third-order valence-corrected chi connectivity index (χ3v) is 3.72. The summed E-state index contributed by atoms with van der Waals surface area (Å²) in [6, 6.07) is 6.92. The molecule has 7 nitrogen and oxygen atoms in total. The van der Waals surface area contributed by atoms with Crippen LogP contribution in [0.25, 0.3) is 5.69 Å². The van der Waals surface area contributed by atoms with Crippen molar-refractivity contribution in [1.82, 2.24) is 20.1 Å². The van der Waals surface area contributed by atoms with E-state index in [2.05, 4.69) is 15.4 Å². The molecule has 114 valence electrons. The number of hydrogen-bond acceptors (Lipinski definition) is 4. The number of nitrogens with one attached hydrogen (secondary N) is 1. The summed E-state index contributed by atoms with van der Waals surface area (Å²) in [6.07, 6.45) is 0.994. The molecule has 2 heterocycles. The van der Waals surface area contributed by atoms with E-state index < -0.39 is 5.91 Å². The van der Waals surface area contributed by atoms with Crippen LogP contribution in [0.4, 0.5) is 0 Å². The average molecular weight is 320 g/mol. The zero-order valence-corrected chi connectivity index (χ0v) is 12.4. The molecule has 1 atom stereocenters. The monoisotopic (exact) mass is 319 g/mol. The Balaban J connectivity index is 2.06. The zero-order chi connectivity index (χ0) is 15.7. The summed E-state index contributed by atoms with van der Waals surface area (Å²) >= 11 is 6.21. The average Bonchev–Trinajstić information content (AvgIpc) is 3.05. The van der Waals surface area contributed by atoms with Crippen LogP contribution in [0.15, 0.2) is 24.3 Å². The van der Waals surface area contributed by atoms with Crippen LogP contribution < -0.4 is 11.1 Å². The van der Waals surface area contributed by atoms with Crippen LogP contribution in [-0.2, 0) is 16.0 Å². The minimum absolute atomic E-state index is 0.0323. The molecule has 2 aromatic rings. The number of carbonyl (C=O) groups excluding carboxylic acids is 2. The van der Waals surface area contributed by atoms with Crippen LogP contribution in [0.3, 0.4) is 0 Å². The lowest BCUT2D eigenvalue weighted by Crippen LogP contribution is -2.21. The van der Waals surface area contributed by atoms with Crippen molar-refractivity contribution in [3.8, 4) is 5.69 Å². The second-order valence-corrected chi connectivity index (χ2v) is 5.46. The summed E-state index contributed by atoms with van der Waals surface area (Å²) in [5.41, 5.74) is 5.85. The lowest BCUT2D eigenvalue weighted by molar-refractivity contribution is -0.119. The Kier molecular flexibility index (Phi) is 3.81. The first-order valence-electron chi connectivity index (χ1n) is 6.83. The predicted octanol–water partition coefficient (Wildman–Crippen LogP) is 0.900. The molecule has 2 amide bonds. The molecule has 3 rings (SSSR count).